The molecule has 1 heterocycles. The van der Waals surface area contributed by atoms with Gasteiger partial charge in [-0.2, -0.15) is 0 Å². The van der Waals surface area contributed by atoms with Crippen LogP contribution in [0.4, 0.5) is 0 Å². The maximum absolute atomic E-state index is 6.07. The van der Waals surface area contributed by atoms with E-state index in [9.17, 15) is 0 Å². The summed E-state index contributed by atoms with van der Waals surface area (Å²) in [6.07, 6.45) is 0. The van der Waals surface area contributed by atoms with Crippen molar-refractivity contribution >= 4 is 34.3 Å². The Hall–Kier alpha value is -1.51. The van der Waals surface area contributed by atoms with Gasteiger partial charge in [0.15, 0.2) is 5.58 Å². The average Bonchev–Trinajstić information content (AvgIpc) is 2.74. The minimum absolute atomic E-state index is 0.475. The van der Waals surface area contributed by atoms with Crippen LogP contribution >= 0.6 is 23.2 Å². The van der Waals surface area contributed by atoms with E-state index in [1.807, 2.05) is 31.2 Å². The van der Waals surface area contributed by atoms with Gasteiger partial charge in [0.2, 0.25) is 5.89 Å². The second-order valence-electron chi connectivity index (χ2n) is 4.12. The van der Waals surface area contributed by atoms with Crippen LogP contribution in [0.5, 0.6) is 0 Å². The van der Waals surface area contributed by atoms with E-state index in [4.69, 9.17) is 27.6 Å². The van der Waals surface area contributed by atoms with Gasteiger partial charge in [-0.15, -0.1) is 0 Å². The van der Waals surface area contributed by atoms with Crippen LogP contribution in [0.1, 0.15) is 5.56 Å². The van der Waals surface area contributed by atoms with Crippen LogP contribution in [0.2, 0.25) is 10.0 Å². The number of halogens is 2. The molecule has 0 aliphatic carbocycles. The second-order valence-corrected chi connectivity index (χ2v) is 4.96. The molecule has 0 aliphatic rings. The first kappa shape index (κ1) is 11.6. The van der Waals surface area contributed by atoms with E-state index in [0.717, 1.165) is 5.56 Å². The molecular weight excluding hydrogens is 269 g/mol. The summed E-state index contributed by atoms with van der Waals surface area (Å²) < 4.78 is 5.68. The summed E-state index contributed by atoms with van der Waals surface area (Å²) in [6, 6.07) is 11.3. The average molecular weight is 278 g/mol. The number of oxazole rings is 1. The minimum atomic E-state index is 0.475. The Labute approximate surface area is 114 Å². The number of fused-ring (bicyclic) bond motifs is 1. The van der Waals surface area contributed by atoms with Crippen molar-refractivity contribution in [3.63, 3.8) is 0 Å². The number of rotatable bonds is 1. The van der Waals surface area contributed by atoms with E-state index >= 15 is 0 Å². The molecule has 2 aromatic carbocycles. The van der Waals surface area contributed by atoms with Crippen LogP contribution in [0.25, 0.3) is 22.6 Å². The number of aromatic nitrogens is 1. The van der Waals surface area contributed by atoms with Crippen molar-refractivity contribution in [3.05, 3.63) is 52.0 Å². The molecule has 0 saturated heterocycles. The molecule has 0 fully saturated rings. The first-order chi connectivity index (χ1) is 8.63. The largest absolute Gasteiger partial charge is 0.435 e. The molecule has 0 N–H and O–H groups in total. The standard InChI is InChI=1S/C14H9Cl2NO/c1-8-2-4-9(5-3-8)14-17-12-7-10(15)6-11(16)13(12)18-14/h2-7H,1H3. The summed E-state index contributed by atoms with van der Waals surface area (Å²) in [5.74, 6) is 0.550. The highest BCUT2D eigenvalue weighted by Gasteiger charge is 2.11. The van der Waals surface area contributed by atoms with Crippen molar-refractivity contribution in [2.24, 2.45) is 0 Å². The molecule has 0 aliphatic heterocycles. The fraction of sp³-hybridized carbons (Fsp3) is 0.0714. The first-order valence-electron chi connectivity index (χ1n) is 5.46. The highest BCUT2D eigenvalue weighted by atomic mass is 35.5. The molecule has 0 radical (unpaired) electrons. The zero-order valence-electron chi connectivity index (χ0n) is 9.58. The summed E-state index contributed by atoms with van der Waals surface area (Å²) in [5.41, 5.74) is 3.35. The van der Waals surface area contributed by atoms with E-state index in [0.29, 0.717) is 27.0 Å². The number of nitrogens with zero attached hydrogens (tertiary/aromatic N) is 1. The predicted octanol–water partition coefficient (Wildman–Crippen LogP) is 5.11. The summed E-state index contributed by atoms with van der Waals surface area (Å²) in [6.45, 7) is 2.03. The molecule has 1 aromatic heterocycles. The Morgan fingerprint density at radius 2 is 1.78 bits per heavy atom. The van der Waals surface area contributed by atoms with Gasteiger partial charge >= 0.3 is 0 Å². The number of benzene rings is 2. The molecule has 0 spiro atoms. The van der Waals surface area contributed by atoms with Gasteiger partial charge in [0.25, 0.3) is 0 Å². The van der Waals surface area contributed by atoms with Gasteiger partial charge in [-0.05, 0) is 31.2 Å². The van der Waals surface area contributed by atoms with Crippen molar-refractivity contribution < 1.29 is 4.42 Å². The number of hydrogen-bond acceptors (Lipinski definition) is 2. The van der Waals surface area contributed by atoms with E-state index in [2.05, 4.69) is 4.98 Å². The Bertz CT molecular complexity index is 716. The van der Waals surface area contributed by atoms with Crippen LogP contribution in [0, 0.1) is 6.92 Å². The van der Waals surface area contributed by atoms with Gasteiger partial charge in [0, 0.05) is 10.6 Å². The Morgan fingerprint density at radius 3 is 2.50 bits per heavy atom. The molecule has 0 saturated carbocycles. The topological polar surface area (TPSA) is 26.0 Å². The van der Waals surface area contributed by atoms with E-state index in [1.54, 1.807) is 12.1 Å². The zero-order valence-corrected chi connectivity index (χ0v) is 11.1. The molecule has 90 valence electrons. The van der Waals surface area contributed by atoms with Gasteiger partial charge in [-0.3, -0.25) is 0 Å². The van der Waals surface area contributed by atoms with Crippen molar-refractivity contribution in [1.82, 2.24) is 4.98 Å². The predicted molar refractivity (Wildman–Crippen MR) is 74.2 cm³/mol. The van der Waals surface area contributed by atoms with Gasteiger partial charge in [0.1, 0.15) is 5.52 Å². The monoisotopic (exact) mass is 277 g/mol. The summed E-state index contributed by atoms with van der Waals surface area (Å²) >= 11 is 12.0. The lowest BCUT2D eigenvalue weighted by Crippen LogP contribution is -1.77. The van der Waals surface area contributed by atoms with Crippen LogP contribution in [0.3, 0.4) is 0 Å². The lowest BCUT2D eigenvalue weighted by Gasteiger charge is -1.95. The SMILES string of the molecule is Cc1ccc(-c2nc3cc(Cl)cc(Cl)c3o2)cc1. The smallest absolute Gasteiger partial charge is 0.227 e. The Kier molecular flexibility index (Phi) is 2.77. The molecular formula is C14H9Cl2NO. The minimum Gasteiger partial charge on any atom is -0.435 e. The first-order valence-corrected chi connectivity index (χ1v) is 6.22. The lowest BCUT2D eigenvalue weighted by molar-refractivity contribution is 0.620. The van der Waals surface area contributed by atoms with E-state index in [-0.39, 0.29) is 0 Å². The molecule has 0 amide bonds. The molecule has 2 nitrogen and oxygen atoms in total. The van der Waals surface area contributed by atoms with Gasteiger partial charge < -0.3 is 4.42 Å². The molecule has 4 heteroatoms. The maximum Gasteiger partial charge on any atom is 0.227 e. The van der Waals surface area contributed by atoms with Gasteiger partial charge in [0.05, 0.1) is 5.02 Å². The highest BCUT2D eigenvalue weighted by molar-refractivity contribution is 6.38. The normalized spacial score (nSPS) is 11.1. The molecule has 3 rings (SSSR count). The van der Waals surface area contributed by atoms with Crippen LogP contribution in [-0.2, 0) is 0 Å². The molecule has 0 bridgehead atoms. The van der Waals surface area contributed by atoms with Gasteiger partial charge in [-0.1, -0.05) is 40.9 Å². The van der Waals surface area contributed by atoms with Crippen molar-refractivity contribution in [2.75, 3.05) is 0 Å². The second kappa shape index (κ2) is 4.30. The van der Waals surface area contributed by atoms with E-state index < -0.39 is 0 Å². The Morgan fingerprint density at radius 1 is 1.06 bits per heavy atom. The molecule has 0 atom stereocenters. The fourth-order valence-electron chi connectivity index (χ4n) is 1.78. The van der Waals surface area contributed by atoms with E-state index in [1.165, 1.54) is 5.56 Å². The van der Waals surface area contributed by atoms with Crippen LogP contribution in [-0.4, -0.2) is 4.98 Å². The molecule has 3 aromatic rings. The maximum atomic E-state index is 6.07. The zero-order chi connectivity index (χ0) is 12.7. The number of hydrogen-bond donors (Lipinski definition) is 0. The third-order valence-electron chi connectivity index (χ3n) is 2.71. The van der Waals surface area contributed by atoms with Crippen molar-refractivity contribution in [3.8, 4) is 11.5 Å². The third kappa shape index (κ3) is 1.98. The summed E-state index contributed by atoms with van der Waals surface area (Å²) in [7, 11) is 0. The molecule has 18 heavy (non-hydrogen) atoms. The lowest BCUT2D eigenvalue weighted by atomic mass is 10.1. The fourth-order valence-corrected chi connectivity index (χ4v) is 2.30. The van der Waals surface area contributed by atoms with Gasteiger partial charge in [-0.25, -0.2) is 4.98 Å². The summed E-state index contributed by atoms with van der Waals surface area (Å²) in [5, 5.41) is 1.03. The molecule has 0 unspecified atom stereocenters. The van der Waals surface area contributed by atoms with Crippen molar-refractivity contribution in [1.29, 1.82) is 0 Å². The third-order valence-corrected chi connectivity index (χ3v) is 3.21. The van der Waals surface area contributed by atoms with Crippen LogP contribution < -0.4 is 0 Å². The van der Waals surface area contributed by atoms with Crippen molar-refractivity contribution in [2.45, 2.75) is 6.92 Å². The Balaban J connectivity index is 2.19. The quantitative estimate of drug-likeness (QED) is 0.618. The van der Waals surface area contributed by atoms with Crippen LogP contribution in [0.15, 0.2) is 40.8 Å². The number of aryl methyl sites for hydroxylation is 1. The highest BCUT2D eigenvalue weighted by Crippen LogP contribution is 2.31. The summed E-state index contributed by atoms with van der Waals surface area (Å²) in [4.78, 5) is 4.40.